The van der Waals surface area contributed by atoms with E-state index in [1.54, 1.807) is 48.5 Å². The number of sulfonamides is 1. The second kappa shape index (κ2) is 8.85. The molecule has 0 aliphatic heterocycles. The van der Waals surface area contributed by atoms with Crippen molar-refractivity contribution < 1.29 is 13.2 Å². The third kappa shape index (κ3) is 4.98. The smallest absolute Gasteiger partial charge is 0.265 e. The number of hydrogen-bond acceptors (Lipinski definition) is 6. The van der Waals surface area contributed by atoms with E-state index >= 15 is 0 Å². The molecule has 0 fully saturated rings. The zero-order valence-electron chi connectivity index (χ0n) is 16.1. The summed E-state index contributed by atoms with van der Waals surface area (Å²) in [5.74, 6) is 0.252. The minimum atomic E-state index is -3.89. The number of rotatable bonds is 8. The molecule has 3 aromatic rings. The van der Waals surface area contributed by atoms with E-state index in [0.717, 1.165) is 16.8 Å². The Labute approximate surface area is 170 Å². The Kier molecular flexibility index (Phi) is 6.26. The molecular weight excluding hydrogens is 388 g/mol. The molecule has 7 nitrogen and oxygen atoms in total. The van der Waals surface area contributed by atoms with Gasteiger partial charge in [-0.25, -0.2) is 8.42 Å². The molecule has 0 bridgehead atoms. The van der Waals surface area contributed by atoms with Crippen molar-refractivity contribution in [2.45, 2.75) is 4.90 Å². The van der Waals surface area contributed by atoms with Crippen LogP contribution in [0.4, 0.5) is 17.1 Å². The first-order valence-corrected chi connectivity index (χ1v) is 10.5. The molecular formula is C21H24N4O3S. The van der Waals surface area contributed by atoms with Crippen molar-refractivity contribution in [3.63, 3.8) is 0 Å². The predicted octanol–water partition coefficient (Wildman–Crippen LogP) is 3.12. The number of methoxy groups -OCH3 is 1. The van der Waals surface area contributed by atoms with Crippen LogP contribution in [0.5, 0.6) is 5.75 Å². The molecule has 29 heavy (non-hydrogen) atoms. The number of benzene rings is 3. The van der Waals surface area contributed by atoms with Crippen LogP contribution in [0, 0.1) is 0 Å². The molecule has 0 saturated carbocycles. The molecule has 0 aliphatic carbocycles. The molecule has 0 radical (unpaired) electrons. The zero-order chi connectivity index (χ0) is 20.9. The van der Waals surface area contributed by atoms with Gasteiger partial charge in [0.2, 0.25) is 0 Å². The SMILES string of the molecule is COc1ccc(-c2cccc(N)c2)cc1S(=O)(=O)Nc1cccc(NCCN)c1. The predicted molar refractivity (Wildman–Crippen MR) is 118 cm³/mol. The number of ether oxygens (including phenoxy) is 1. The van der Waals surface area contributed by atoms with E-state index in [1.807, 2.05) is 18.2 Å². The van der Waals surface area contributed by atoms with Crippen molar-refractivity contribution in [1.29, 1.82) is 0 Å². The van der Waals surface area contributed by atoms with Crippen molar-refractivity contribution in [3.05, 3.63) is 66.7 Å². The highest BCUT2D eigenvalue weighted by molar-refractivity contribution is 7.92. The lowest BCUT2D eigenvalue weighted by Crippen LogP contribution is -2.15. The summed E-state index contributed by atoms with van der Waals surface area (Å²) >= 11 is 0. The summed E-state index contributed by atoms with van der Waals surface area (Å²) in [5.41, 5.74) is 14.7. The van der Waals surface area contributed by atoms with E-state index in [-0.39, 0.29) is 10.6 Å². The molecule has 0 aliphatic rings. The fourth-order valence-corrected chi connectivity index (χ4v) is 4.15. The van der Waals surface area contributed by atoms with Gasteiger partial charge in [0.05, 0.1) is 12.8 Å². The van der Waals surface area contributed by atoms with E-state index < -0.39 is 10.0 Å². The summed E-state index contributed by atoms with van der Waals surface area (Å²) in [4.78, 5) is 0.0419. The largest absolute Gasteiger partial charge is 0.495 e. The normalized spacial score (nSPS) is 11.1. The summed E-state index contributed by atoms with van der Waals surface area (Å²) in [7, 11) is -2.46. The average Bonchev–Trinajstić information content (AvgIpc) is 2.71. The van der Waals surface area contributed by atoms with Crippen molar-refractivity contribution in [2.75, 3.05) is 36.0 Å². The molecule has 8 heteroatoms. The Morgan fingerprint density at radius 3 is 2.38 bits per heavy atom. The Hall–Kier alpha value is -3.23. The van der Waals surface area contributed by atoms with Gasteiger partial charge < -0.3 is 21.5 Å². The molecule has 0 atom stereocenters. The van der Waals surface area contributed by atoms with E-state index in [1.165, 1.54) is 7.11 Å². The third-order valence-corrected chi connectivity index (χ3v) is 5.66. The number of anilines is 3. The fraction of sp³-hybridized carbons (Fsp3) is 0.143. The first-order valence-electron chi connectivity index (χ1n) is 9.04. The van der Waals surface area contributed by atoms with Crippen molar-refractivity contribution >= 4 is 27.1 Å². The van der Waals surface area contributed by atoms with Crippen LogP contribution in [0.3, 0.4) is 0 Å². The molecule has 152 valence electrons. The summed E-state index contributed by atoms with van der Waals surface area (Å²) < 4.78 is 34.1. The van der Waals surface area contributed by atoms with Crippen molar-refractivity contribution in [1.82, 2.24) is 0 Å². The van der Waals surface area contributed by atoms with Crippen LogP contribution < -0.4 is 26.2 Å². The van der Waals surface area contributed by atoms with Gasteiger partial charge in [0.15, 0.2) is 0 Å². The van der Waals surface area contributed by atoms with E-state index in [0.29, 0.717) is 24.5 Å². The molecule has 0 saturated heterocycles. The summed E-state index contributed by atoms with van der Waals surface area (Å²) in [6.45, 7) is 1.07. The molecule has 3 rings (SSSR count). The highest BCUT2D eigenvalue weighted by Crippen LogP contribution is 2.32. The number of hydrogen-bond donors (Lipinski definition) is 4. The highest BCUT2D eigenvalue weighted by atomic mass is 32.2. The molecule has 3 aromatic carbocycles. The molecule has 0 spiro atoms. The first kappa shape index (κ1) is 20.5. The topological polar surface area (TPSA) is 119 Å². The Balaban J connectivity index is 1.96. The lowest BCUT2D eigenvalue weighted by Gasteiger charge is -2.14. The summed E-state index contributed by atoms with van der Waals surface area (Å²) in [6.07, 6.45) is 0. The lowest BCUT2D eigenvalue weighted by molar-refractivity contribution is 0.403. The Bertz CT molecular complexity index is 1100. The minimum Gasteiger partial charge on any atom is -0.495 e. The van der Waals surface area contributed by atoms with Gasteiger partial charge in [-0.1, -0.05) is 24.3 Å². The van der Waals surface area contributed by atoms with Crippen LogP contribution in [-0.4, -0.2) is 28.6 Å². The van der Waals surface area contributed by atoms with Crippen LogP contribution in [0.15, 0.2) is 71.6 Å². The lowest BCUT2D eigenvalue weighted by atomic mass is 10.1. The monoisotopic (exact) mass is 412 g/mol. The van der Waals surface area contributed by atoms with E-state index in [2.05, 4.69) is 10.0 Å². The second-order valence-electron chi connectivity index (χ2n) is 6.39. The van der Waals surface area contributed by atoms with Gasteiger partial charge in [0, 0.05) is 24.5 Å². The van der Waals surface area contributed by atoms with Crippen LogP contribution in [0.2, 0.25) is 0 Å². The van der Waals surface area contributed by atoms with Crippen LogP contribution in [0.1, 0.15) is 0 Å². The quantitative estimate of drug-likeness (QED) is 0.422. The van der Waals surface area contributed by atoms with Crippen molar-refractivity contribution in [2.24, 2.45) is 5.73 Å². The van der Waals surface area contributed by atoms with E-state index in [9.17, 15) is 8.42 Å². The van der Waals surface area contributed by atoms with E-state index in [4.69, 9.17) is 16.2 Å². The van der Waals surface area contributed by atoms with Gasteiger partial charge in [0.1, 0.15) is 10.6 Å². The number of nitrogen functional groups attached to an aromatic ring is 1. The molecule has 0 amide bonds. The van der Waals surface area contributed by atoms with Crippen molar-refractivity contribution in [3.8, 4) is 16.9 Å². The Morgan fingerprint density at radius 1 is 0.931 bits per heavy atom. The maximum atomic E-state index is 13.1. The maximum Gasteiger partial charge on any atom is 0.265 e. The van der Waals surface area contributed by atoms with Gasteiger partial charge in [-0.15, -0.1) is 0 Å². The average molecular weight is 413 g/mol. The zero-order valence-corrected chi connectivity index (χ0v) is 16.9. The number of nitrogens with two attached hydrogens (primary N) is 2. The van der Waals surface area contributed by atoms with Gasteiger partial charge in [-0.05, 0) is 53.6 Å². The minimum absolute atomic E-state index is 0.0419. The first-order chi connectivity index (χ1) is 13.9. The highest BCUT2D eigenvalue weighted by Gasteiger charge is 2.21. The maximum absolute atomic E-state index is 13.1. The van der Waals surface area contributed by atoms with Crippen LogP contribution >= 0.6 is 0 Å². The molecule has 0 unspecified atom stereocenters. The number of nitrogens with one attached hydrogen (secondary N) is 2. The molecule has 0 heterocycles. The standard InChI is InChI=1S/C21H24N4O3S/c1-28-20-9-8-16(15-4-2-5-17(23)12-15)13-21(20)29(26,27)25-19-7-3-6-18(14-19)24-11-10-22/h2-9,12-14,24-25H,10-11,22-23H2,1H3. The summed E-state index contributed by atoms with van der Waals surface area (Å²) in [6, 6.07) is 19.3. The van der Waals surface area contributed by atoms with Gasteiger partial charge >= 0.3 is 0 Å². The van der Waals surface area contributed by atoms with Crippen LogP contribution in [0.25, 0.3) is 11.1 Å². The Morgan fingerprint density at radius 2 is 1.66 bits per heavy atom. The third-order valence-electron chi connectivity index (χ3n) is 4.26. The van der Waals surface area contributed by atoms with Gasteiger partial charge in [-0.2, -0.15) is 0 Å². The van der Waals surface area contributed by atoms with Gasteiger partial charge in [-0.3, -0.25) is 4.72 Å². The molecule has 0 aromatic heterocycles. The molecule has 6 N–H and O–H groups in total. The van der Waals surface area contributed by atoms with Crippen LogP contribution in [-0.2, 0) is 10.0 Å². The van der Waals surface area contributed by atoms with Gasteiger partial charge in [0.25, 0.3) is 10.0 Å². The second-order valence-corrected chi connectivity index (χ2v) is 8.04. The summed E-state index contributed by atoms with van der Waals surface area (Å²) in [5, 5.41) is 3.12. The fourth-order valence-electron chi connectivity index (χ4n) is 2.90.